The van der Waals surface area contributed by atoms with E-state index < -0.39 is 23.8 Å². The number of primary amides is 1. The normalized spacial score (nSPS) is 14.7. The summed E-state index contributed by atoms with van der Waals surface area (Å²) in [7, 11) is 1.21. The van der Waals surface area contributed by atoms with Crippen LogP contribution in [0.1, 0.15) is 21.9 Å². The van der Waals surface area contributed by atoms with Gasteiger partial charge in [-0.25, -0.2) is 9.59 Å². The van der Waals surface area contributed by atoms with Crippen LogP contribution in [-0.4, -0.2) is 42.4 Å². The first-order valence-electron chi connectivity index (χ1n) is 8.50. The quantitative estimate of drug-likeness (QED) is 0.384. The Hall–Kier alpha value is -3.79. The van der Waals surface area contributed by atoms with Gasteiger partial charge in [-0.2, -0.15) is 0 Å². The minimum absolute atomic E-state index is 0.0293. The average Bonchev–Trinajstić information content (AvgIpc) is 3.27. The van der Waals surface area contributed by atoms with Gasteiger partial charge in [0.05, 0.1) is 18.7 Å². The molecule has 3 rings (SSSR count). The molecular formula is C19H16ClN3O7. The number of furan rings is 1. The predicted octanol–water partition coefficient (Wildman–Crippen LogP) is 1.68. The van der Waals surface area contributed by atoms with E-state index in [9.17, 15) is 19.2 Å². The Morgan fingerprint density at radius 3 is 2.70 bits per heavy atom. The van der Waals surface area contributed by atoms with E-state index in [1.807, 2.05) is 0 Å². The standard InChI is InChI=1S/C19H16ClN3O7/c1-28-18(26)15-5-3-11(30-15)8-23-17(25)13(22-19(23)27)7-10-2-4-14(12(20)6-10)29-9-16(21)24/h2-7H,8-9H2,1H3,(H2,21,24)(H,22,27). The van der Waals surface area contributed by atoms with Crippen LogP contribution in [-0.2, 0) is 20.9 Å². The summed E-state index contributed by atoms with van der Waals surface area (Å²) in [5.74, 6) is -1.45. The minimum Gasteiger partial charge on any atom is -0.482 e. The molecule has 1 saturated heterocycles. The molecule has 30 heavy (non-hydrogen) atoms. The van der Waals surface area contributed by atoms with Gasteiger partial charge in [0.2, 0.25) is 5.76 Å². The van der Waals surface area contributed by atoms with E-state index >= 15 is 0 Å². The highest BCUT2D eigenvalue weighted by atomic mass is 35.5. The van der Waals surface area contributed by atoms with Crippen molar-refractivity contribution in [2.45, 2.75) is 6.54 Å². The minimum atomic E-state index is -0.667. The third-order valence-corrected chi connectivity index (χ3v) is 4.26. The summed E-state index contributed by atoms with van der Waals surface area (Å²) in [6.45, 7) is -0.492. The number of halogens is 1. The molecule has 1 fully saturated rings. The largest absolute Gasteiger partial charge is 0.482 e. The lowest BCUT2D eigenvalue weighted by Gasteiger charge is -2.09. The molecule has 2 heterocycles. The number of benzene rings is 1. The summed E-state index contributed by atoms with van der Waals surface area (Å²) in [6, 6.07) is 6.82. The molecule has 11 heteroatoms. The molecule has 0 atom stereocenters. The van der Waals surface area contributed by atoms with Gasteiger partial charge in [0.15, 0.2) is 6.61 Å². The second-order valence-electron chi connectivity index (χ2n) is 6.08. The first kappa shape index (κ1) is 20.9. The monoisotopic (exact) mass is 433 g/mol. The van der Waals surface area contributed by atoms with E-state index in [-0.39, 0.29) is 41.1 Å². The molecule has 1 aliphatic heterocycles. The Kier molecular flexibility index (Phi) is 6.07. The molecule has 0 radical (unpaired) electrons. The maximum absolute atomic E-state index is 12.6. The summed E-state index contributed by atoms with van der Waals surface area (Å²) in [4.78, 5) is 47.9. The van der Waals surface area contributed by atoms with Crippen molar-refractivity contribution < 1.29 is 33.1 Å². The van der Waals surface area contributed by atoms with Crippen LogP contribution >= 0.6 is 11.6 Å². The number of carbonyl (C=O) groups excluding carboxylic acids is 4. The van der Waals surface area contributed by atoms with Gasteiger partial charge in [-0.1, -0.05) is 17.7 Å². The zero-order valence-corrected chi connectivity index (χ0v) is 16.4. The summed E-state index contributed by atoms with van der Waals surface area (Å²) in [6.07, 6.45) is 1.44. The number of nitrogens with zero attached hydrogens (tertiary/aromatic N) is 1. The second-order valence-corrected chi connectivity index (χ2v) is 6.49. The average molecular weight is 434 g/mol. The summed E-state index contributed by atoms with van der Waals surface area (Å²) in [5, 5.41) is 2.67. The second kappa shape index (κ2) is 8.70. The van der Waals surface area contributed by atoms with Crippen LogP contribution in [0.4, 0.5) is 4.79 Å². The van der Waals surface area contributed by atoms with E-state index in [1.54, 1.807) is 6.07 Å². The van der Waals surface area contributed by atoms with Crippen LogP contribution in [0.15, 0.2) is 40.4 Å². The first-order valence-corrected chi connectivity index (χ1v) is 8.88. The van der Waals surface area contributed by atoms with Gasteiger partial charge in [-0.15, -0.1) is 0 Å². The number of rotatable bonds is 7. The van der Waals surface area contributed by atoms with Crippen molar-refractivity contribution in [2.75, 3.05) is 13.7 Å². The molecule has 4 amide bonds. The molecule has 0 aliphatic carbocycles. The fourth-order valence-electron chi connectivity index (χ4n) is 2.58. The topological polar surface area (TPSA) is 141 Å². The molecule has 1 aromatic carbocycles. The highest BCUT2D eigenvalue weighted by molar-refractivity contribution is 6.32. The number of methoxy groups -OCH3 is 1. The highest BCUT2D eigenvalue weighted by Gasteiger charge is 2.34. The van der Waals surface area contributed by atoms with Gasteiger partial charge >= 0.3 is 12.0 Å². The lowest BCUT2D eigenvalue weighted by atomic mass is 10.2. The number of esters is 1. The Balaban J connectivity index is 1.73. The third-order valence-electron chi connectivity index (χ3n) is 3.96. The molecular weight excluding hydrogens is 418 g/mol. The molecule has 1 aromatic heterocycles. The van der Waals surface area contributed by atoms with Gasteiger partial charge < -0.3 is 24.9 Å². The summed E-state index contributed by atoms with van der Waals surface area (Å²) >= 11 is 6.10. The number of urea groups is 1. The van der Waals surface area contributed by atoms with Gasteiger partial charge in [0.1, 0.15) is 17.2 Å². The zero-order valence-electron chi connectivity index (χ0n) is 15.6. The fraction of sp³-hybridized carbons (Fsp3) is 0.158. The molecule has 0 spiro atoms. The van der Waals surface area contributed by atoms with Crippen molar-refractivity contribution in [3.8, 4) is 5.75 Å². The first-order chi connectivity index (χ1) is 14.3. The Labute approximate surface area is 175 Å². The smallest absolute Gasteiger partial charge is 0.373 e. The molecule has 0 unspecified atom stereocenters. The predicted molar refractivity (Wildman–Crippen MR) is 103 cm³/mol. The molecule has 3 N–H and O–H groups in total. The third kappa shape index (κ3) is 4.61. The molecule has 2 aromatic rings. The van der Waals surface area contributed by atoms with Gasteiger partial charge in [-0.05, 0) is 35.9 Å². The highest BCUT2D eigenvalue weighted by Crippen LogP contribution is 2.27. The summed E-state index contributed by atoms with van der Waals surface area (Å²) < 4.78 is 15.0. The maximum atomic E-state index is 12.6. The number of amides is 4. The van der Waals surface area contributed by atoms with Crippen LogP contribution in [0, 0.1) is 0 Å². The van der Waals surface area contributed by atoms with E-state index in [2.05, 4.69) is 10.1 Å². The molecule has 0 bridgehead atoms. The van der Waals surface area contributed by atoms with Crippen molar-refractivity contribution in [3.05, 3.63) is 58.1 Å². The van der Waals surface area contributed by atoms with Crippen LogP contribution < -0.4 is 15.8 Å². The van der Waals surface area contributed by atoms with Crippen molar-refractivity contribution in [2.24, 2.45) is 5.73 Å². The van der Waals surface area contributed by atoms with Gasteiger partial charge in [0.25, 0.3) is 11.8 Å². The fourth-order valence-corrected chi connectivity index (χ4v) is 2.83. The Morgan fingerprint density at radius 2 is 2.03 bits per heavy atom. The Morgan fingerprint density at radius 1 is 1.27 bits per heavy atom. The van der Waals surface area contributed by atoms with Crippen molar-refractivity contribution in [1.29, 1.82) is 0 Å². The summed E-state index contributed by atoms with van der Waals surface area (Å²) in [5.41, 5.74) is 5.57. The molecule has 156 valence electrons. The van der Waals surface area contributed by atoms with E-state index in [1.165, 1.54) is 37.5 Å². The SMILES string of the molecule is COC(=O)c1ccc(CN2C(=O)NC(=Cc3ccc(OCC(N)=O)c(Cl)c3)C2=O)o1. The van der Waals surface area contributed by atoms with Gasteiger partial charge in [0, 0.05) is 0 Å². The molecule has 0 saturated carbocycles. The number of carbonyl (C=O) groups is 4. The van der Waals surface area contributed by atoms with Crippen molar-refractivity contribution in [3.63, 3.8) is 0 Å². The van der Waals surface area contributed by atoms with E-state index in [0.29, 0.717) is 5.56 Å². The number of ether oxygens (including phenoxy) is 2. The number of hydrogen-bond acceptors (Lipinski definition) is 7. The number of nitrogens with two attached hydrogens (primary N) is 1. The lowest BCUT2D eigenvalue weighted by molar-refractivity contribution is -0.123. The van der Waals surface area contributed by atoms with E-state index in [0.717, 1.165) is 4.90 Å². The van der Waals surface area contributed by atoms with Crippen molar-refractivity contribution in [1.82, 2.24) is 10.2 Å². The van der Waals surface area contributed by atoms with Crippen LogP contribution in [0.5, 0.6) is 5.75 Å². The maximum Gasteiger partial charge on any atom is 0.373 e. The van der Waals surface area contributed by atoms with Crippen LogP contribution in [0.25, 0.3) is 6.08 Å². The van der Waals surface area contributed by atoms with Crippen LogP contribution in [0.2, 0.25) is 5.02 Å². The zero-order chi connectivity index (χ0) is 21.8. The van der Waals surface area contributed by atoms with E-state index in [4.69, 9.17) is 26.5 Å². The number of hydrogen-bond donors (Lipinski definition) is 2. The number of nitrogens with one attached hydrogen (secondary N) is 1. The Bertz CT molecular complexity index is 1060. The molecule has 1 aliphatic rings. The van der Waals surface area contributed by atoms with Gasteiger partial charge in [-0.3, -0.25) is 14.5 Å². The van der Waals surface area contributed by atoms with Crippen LogP contribution in [0.3, 0.4) is 0 Å². The molecule has 10 nitrogen and oxygen atoms in total. The van der Waals surface area contributed by atoms with Crippen molar-refractivity contribution >= 4 is 41.5 Å². The number of imide groups is 1. The lowest BCUT2D eigenvalue weighted by Crippen LogP contribution is -2.30.